The molecule has 2 aromatic rings. The van der Waals surface area contributed by atoms with Crippen molar-refractivity contribution in [2.24, 2.45) is 0 Å². The maximum absolute atomic E-state index is 12.2. The van der Waals surface area contributed by atoms with E-state index in [2.05, 4.69) is 26.6 Å². The van der Waals surface area contributed by atoms with Gasteiger partial charge in [0.2, 0.25) is 0 Å². The molecule has 0 aliphatic carbocycles. The van der Waals surface area contributed by atoms with Crippen molar-refractivity contribution in [3.05, 3.63) is 58.1 Å². The molecule has 0 unspecified atom stereocenters. The molecule has 5 nitrogen and oxygen atoms in total. The van der Waals surface area contributed by atoms with Gasteiger partial charge in [0.1, 0.15) is 0 Å². The summed E-state index contributed by atoms with van der Waals surface area (Å²) in [5.74, 6) is -0.573. The highest BCUT2D eigenvalue weighted by atomic mass is 79.9. The number of nitrogen functional groups attached to an aromatic ring is 1. The normalized spacial score (nSPS) is 10.0. The zero-order chi connectivity index (χ0) is 15.4. The SMILES string of the molecule is CNC(=O)c1ccccc1NC(=O)c1ccc(N)c(Br)c1. The number of hydrogen-bond donors (Lipinski definition) is 3. The van der Waals surface area contributed by atoms with E-state index in [0.717, 1.165) is 0 Å². The van der Waals surface area contributed by atoms with Crippen LogP contribution in [-0.4, -0.2) is 18.9 Å². The summed E-state index contributed by atoms with van der Waals surface area (Å²) in [5, 5.41) is 5.26. The Labute approximate surface area is 130 Å². The van der Waals surface area contributed by atoms with E-state index >= 15 is 0 Å². The topological polar surface area (TPSA) is 84.2 Å². The van der Waals surface area contributed by atoms with E-state index in [1.54, 1.807) is 42.5 Å². The second-order valence-electron chi connectivity index (χ2n) is 4.32. The van der Waals surface area contributed by atoms with Crippen LogP contribution in [-0.2, 0) is 0 Å². The zero-order valence-electron chi connectivity index (χ0n) is 11.3. The predicted molar refractivity (Wildman–Crippen MR) is 86.3 cm³/mol. The van der Waals surface area contributed by atoms with Crippen molar-refractivity contribution in [2.75, 3.05) is 18.1 Å². The van der Waals surface area contributed by atoms with Crippen LogP contribution in [0.1, 0.15) is 20.7 Å². The number of carbonyl (C=O) groups is 2. The summed E-state index contributed by atoms with van der Waals surface area (Å²) in [6.45, 7) is 0. The number of amides is 2. The Morgan fingerprint density at radius 3 is 2.48 bits per heavy atom. The number of carbonyl (C=O) groups excluding carboxylic acids is 2. The molecular formula is C15H14BrN3O2. The van der Waals surface area contributed by atoms with E-state index in [1.807, 2.05) is 0 Å². The minimum atomic E-state index is -0.313. The monoisotopic (exact) mass is 347 g/mol. The van der Waals surface area contributed by atoms with Gasteiger partial charge in [0, 0.05) is 22.8 Å². The average molecular weight is 348 g/mol. The lowest BCUT2D eigenvalue weighted by Crippen LogP contribution is -2.21. The van der Waals surface area contributed by atoms with Gasteiger partial charge in [-0.1, -0.05) is 12.1 Å². The van der Waals surface area contributed by atoms with Gasteiger partial charge in [-0.25, -0.2) is 0 Å². The number of para-hydroxylation sites is 1. The minimum Gasteiger partial charge on any atom is -0.398 e. The van der Waals surface area contributed by atoms with E-state index < -0.39 is 0 Å². The Kier molecular flexibility index (Phi) is 4.59. The summed E-state index contributed by atoms with van der Waals surface area (Å²) in [6, 6.07) is 11.7. The molecule has 4 N–H and O–H groups in total. The van der Waals surface area contributed by atoms with E-state index in [1.165, 1.54) is 7.05 Å². The maximum Gasteiger partial charge on any atom is 0.255 e. The lowest BCUT2D eigenvalue weighted by atomic mass is 10.1. The zero-order valence-corrected chi connectivity index (χ0v) is 12.9. The molecule has 0 aromatic heterocycles. The summed E-state index contributed by atoms with van der Waals surface area (Å²) >= 11 is 3.28. The number of nitrogens with one attached hydrogen (secondary N) is 2. The summed E-state index contributed by atoms with van der Waals surface area (Å²) < 4.78 is 0.648. The Bertz CT molecular complexity index is 701. The Hall–Kier alpha value is -2.34. The van der Waals surface area contributed by atoms with E-state index in [0.29, 0.717) is 27.0 Å². The Morgan fingerprint density at radius 2 is 1.81 bits per heavy atom. The van der Waals surface area contributed by atoms with Crippen LogP contribution in [0.3, 0.4) is 0 Å². The van der Waals surface area contributed by atoms with Crippen molar-refractivity contribution < 1.29 is 9.59 Å². The highest BCUT2D eigenvalue weighted by Gasteiger charge is 2.13. The van der Waals surface area contributed by atoms with E-state index in [4.69, 9.17) is 5.73 Å². The van der Waals surface area contributed by atoms with Gasteiger partial charge in [-0.3, -0.25) is 9.59 Å². The van der Waals surface area contributed by atoms with Crippen LogP contribution in [0, 0.1) is 0 Å². The van der Waals surface area contributed by atoms with Crippen molar-refractivity contribution >= 4 is 39.1 Å². The van der Waals surface area contributed by atoms with Crippen molar-refractivity contribution in [3.8, 4) is 0 Å². The van der Waals surface area contributed by atoms with Crippen LogP contribution in [0.5, 0.6) is 0 Å². The van der Waals surface area contributed by atoms with Crippen LogP contribution < -0.4 is 16.4 Å². The van der Waals surface area contributed by atoms with Crippen LogP contribution in [0.2, 0.25) is 0 Å². The van der Waals surface area contributed by atoms with Gasteiger partial charge in [-0.2, -0.15) is 0 Å². The number of anilines is 2. The second-order valence-corrected chi connectivity index (χ2v) is 5.17. The lowest BCUT2D eigenvalue weighted by Gasteiger charge is -2.10. The Balaban J connectivity index is 2.27. The third kappa shape index (κ3) is 3.41. The van der Waals surface area contributed by atoms with Crippen LogP contribution in [0.25, 0.3) is 0 Å². The molecule has 0 saturated heterocycles. The predicted octanol–water partition coefficient (Wildman–Crippen LogP) is 2.64. The highest BCUT2D eigenvalue weighted by Crippen LogP contribution is 2.22. The molecule has 0 spiro atoms. The molecule has 0 fully saturated rings. The molecule has 0 atom stereocenters. The number of nitrogens with two attached hydrogens (primary N) is 1. The van der Waals surface area contributed by atoms with Gasteiger partial charge in [0.25, 0.3) is 11.8 Å². The van der Waals surface area contributed by atoms with Crippen molar-refractivity contribution in [2.45, 2.75) is 0 Å². The summed E-state index contributed by atoms with van der Waals surface area (Å²) in [6.07, 6.45) is 0. The molecule has 0 bridgehead atoms. The van der Waals surface area contributed by atoms with Gasteiger partial charge in [0.05, 0.1) is 11.3 Å². The minimum absolute atomic E-state index is 0.260. The molecule has 108 valence electrons. The standard InChI is InChI=1S/C15H14BrN3O2/c1-18-15(21)10-4-2-3-5-13(10)19-14(20)9-6-7-12(17)11(16)8-9/h2-8H,17H2,1H3,(H,18,21)(H,19,20). The van der Waals surface area contributed by atoms with Crippen LogP contribution in [0.4, 0.5) is 11.4 Å². The molecule has 0 heterocycles. The quantitative estimate of drug-likeness (QED) is 0.746. The molecule has 21 heavy (non-hydrogen) atoms. The van der Waals surface area contributed by atoms with Crippen LogP contribution >= 0.6 is 15.9 Å². The maximum atomic E-state index is 12.2. The first-order valence-corrected chi connectivity index (χ1v) is 6.99. The molecule has 0 radical (unpaired) electrons. The summed E-state index contributed by atoms with van der Waals surface area (Å²) in [5.41, 5.74) is 7.55. The summed E-state index contributed by atoms with van der Waals surface area (Å²) in [4.78, 5) is 24.0. The second kappa shape index (κ2) is 6.41. The van der Waals surface area contributed by atoms with Crippen molar-refractivity contribution in [3.63, 3.8) is 0 Å². The van der Waals surface area contributed by atoms with Crippen molar-refractivity contribution in [1.82, 2.24) is 5.32 Å². The first-order valence-electron chi connectivity index (χ1n) is 6.20. The first-order chi connectivity index (χ1) is 10.0. The highest BCUT2D eigenvalue weighted by molar-refractivity contribution is 9.10. The van der Waals surface area contributed by atoms with Crippen LogP contribution in [0.15, 0.2) is 46.9 Å². The molecule has 2 amide bonds. The molecule has 6 heteroatoms. The largest absolute Gasteiger partial charge is 0.398 e. The molecule has 0 saturated carbocycles. The number of halogens is 1. The molecule has 0 aliphatic rings. The van der Waals surface area contributed by atoms with Gasteiger partial charge < -0.3 is 16.4 Å². The fraction of sp³-hybridized carbons (Fsp3) is 0.0667. The molecule has 2 rings (SSSR count). The Morgan fingerprint density at radius 1 is 1.10 bits per heavy atom. The number of hydrogen-bond acceptors (Lipinski definition) is 3. The molecular weight excluding hydrogens is 334 g/mol. The number of benzene rings is 2. The lowest BCUT2D eigenvalue weighted by molar-refractivity contribution is 0.0964. The fourth-order valence-corrected chi connectivity index (χ4v) is 2.17. The van der Waals surface area contributed by atoms with Crippen molar-refractivity contribution in [1.29, 1.82) is 0 Å². The summed E-state index contributed by atoms with van der Waals surface area (Å²) in [7, 11) is 1.54. The third-order valence-electron chi connectivity index (χ3n) is 2.91. The average Bonchev–Trinajstić information content (AvgIpc) is 2.49. The van der Waals surface area contributed by atoms with Gasteiger partial charge in [-0.15, -0.1) is 0 Å². The third-order valence-corrected chi connectivity index (χ3v) is 3.60. The van der Waals surface area contributed by atoms with E-state index in [-0.39, 0.29) is 11.8 Å². The van der Waals surface area contributed by atoms with Gasteiger partial charge >= 0.3 is 0 Å². The molecule has 2 aromatic carbocycles. The molecule has 0 aliphatic heterocycles. The smallest absolute Gasteiger partial charge is 0.255 e. The number of rotatable bonds is 3. The van der Waals surface area contributed by atoms with E-state index in [9.17, 15) is 9.59 Å². The van der Waals surface area contributed by atoms with Gasteiger partial charge in [-0.05, 0) is 46.3 Å². The van der Waals surface area contributed by atoms with Gasteiger partial charge in [0.15, 0.2) is 0 Å². The fourth-order valence-electron chi connectivity index (χ4n) is 1.79. The first kappa shape index (κ1) is 15.1.